The Morgan fingerprint density at radius 2 is 2.31 bits per heavy atom. The molecule has 2 fully saturated rings. The first-order valence-corrected chi connectivity index (χ1v) is 8.73. The number of ether oxygens (including phenoxy) is 1. The first-order valence-electron chi connectivity index (χ1n) is 5.48. The lowest BCUT2D eigenvalue weighted by molar-refractivity contribution is 0.356. The number of epoxide rings is 1. The highest BCUT2D eigenvalue weighted by molar-refractivity contribution is 6.54. The lowest BCUT2D eigenvalue weighted by atomic mass is 9.88. The van der Waals surface area contributed by atoms with Crippen LogP contribution in [0.4, 0.5) is 0 Å². The second-order valence-electron chi connectivity index (χ2n) is 4.52. The van der Waals surface area contributed by atoms with Crippen molar-refractivity contribution in [3.63, 3.8) is 0 Å². The predicted molar refractivity (Wildman–Crippen MR) is 59.5 cm³/mol. The minimum absolute atomic E-state index is 0.660. The lowest BCUT2D eigenvalue weighted by Crippen LogP contribution is -2.17. The molecule has 0 radical (unpaired) electrons. The molecule has 1 aliphatic carbocycles. The maximum absolute atomic E-state index is 5.53. The quantitative estimate of drug-likeness (QED) is 0.507. The monoisotopic (exact) mass is 216 g/mol. The highest BCUT2D eigenvalue weighted by atomic mass is 28.3. The van der Waals surface area contributed by atoms with Crippen LogP contribution in [0.1, 0.15) is 25.7 Å². The van der Waals surface area contributed by atoms with Crippen LogP contribution in [0.2, 0.25) is 12.6 Å². The molecular formula is C9H20O2Si2. The van der Waals surface area contributed by atoms with Crippen molar-refractivity contribution in [3.8, 4) is 0 Å². The van der Waals surface area contributed by atoms with E-state index in [1.165, 1.54) is 31.7 Å². The summed E-state index contributed by atoms with van der Waals surface area (Å²) in [6, 6.07) is 1.38. The van der Waals surface area contributed by atoms with E-state index in [1.54, 1.807) is 0 Å². The smallest absolute Gasteiger partial charge is 0.159 e. The number of rotatable bonds is 4. The van der Waals surface area contributed by atoms with E-state index in [0.717, 1.165) is 16.4 Å². The summed E-state index contributed by atoms with van der Waals surface area (Å²) in [5.74, 6) is 0.954. The topological polar surface area (TPSA) is 21.8 Å². The molecule has 0 aromatic rings. The van der Waals surface area contributed by atoms with Crippen LogP contribution < -0.4 is 0 Å². The van der Waals surface area contributed by atoms with Crippen LogP contribution >= 0.6 is 0 Å². The average molecular weight is 216 g/mol. The van der Waals surface area contributed by atoms with Gasteiger partial charge in [-0.1, -0.05) is 6.42 Å². The minimum atomic E-state index is -0.738. The molecule has 76 valence electrons. The average Bonchev–Trinajstić information content (AvgIpc) is 2.91. The highest BCUT2D eigenvalue weighted by Gasteiger charge is 2.43. The Balaban J connectivity index is 1.64. The summed E-state index contributed by atoms with van der Waals surface area (Å²) in [5, 5.41) is 0. The molecule has 4 unspecified atom stereocenters. The highest BCUT2D eigenvalue weighted by Crippen LogP contribution is 2.41. The SMILES string of the molecule is C[SiH](CCC1CCC2OC2C1)O[SiH3]. The minimum Gasteiger partial charge on any atom is -0.466 e. The first-order chi connectivity index (χ1) is 6.29. The van der Waals surface area contributed by atoms with E-state index in [0.29, 0.717) is 12.2 Å². The molecule has 0 bridgehead atoms. The molecule has 1 aliphatic heterocycles. The molecular weight excluding hydrogens is 196 g/mol. The van der Waals surface area contributed by atoms with Gasteiger partial charge < -0.3 is 8.85 Å². The van der Waals surface area contributed by atoms with Crippen LogP contribution in [0.25, 0.3) is 0 Å². The molecule has 13 heavy (non-hydrogen) atoms. The third kappa shape index (κ3) is 2.65. The number of hydrogen-bond donors (Lipinski definition) is 0. The van der Waals surface area contributed by atoms with Crippen molar-refractivity contribution in [2.75, 3.05) is 0 Å². The summed E-state index contributed by atoms with van der Waals surface area (Å²) in [6.45, 7) is 2.33. The van der Waals surface area contributed by atoms with Crippen molar-refractivity contribution in [2.24, 2.45) is 5.92 Å². The molecule has 4 heteroatoms. The standard InChI is InChI=1S/C9H20O2Si2/c1-13(11-12)5-4-7-2-3-8-9(6-7)10-8/h7-9,13H,2-6H2,1,12H3. The van der Waals surface area contributed by atoms with Gasteiger partial charge in [-0.05, 0) is 37.8 Å². The molecule has 0 aromatic carbocycles. The fraction of sp³-hybridized carbons (Fsp3) is 1.00. The van der Waals surface area contributed by atoms with Gasteiger partial charge in [0.1, 0.15) is 10.5 Å². The van der Waals surface area contributed by atoms with Crippen molar-refractivity contribution in [3.05, 3.63) is 0 Å². The Hall–Kier alpha value is 0.354. The molecule has 4 atom stereocenters. The molecule has 1 heterocycles. The van der Waals surface area contributed by atoms with Gasteiger partial charge in [-0.15, -0.1) is 0 Å². The zero-order chi connectivity index (χ0) is 9.26. The summed E-state index contributed by atoms with van der Waals surface area (Å²) in [5.41, 5.74) is 0. The van der Waals surface area contributed by atoms with Crippen LogP contribution in [0, 0.1) is 5.92 Å². The Labute approximate surface area is 85.3 Å². The van der Waals surface area contributed by atoms with Gasteiger partial charge in [0.05, 0.1) is 12.2 Å². The Morgan fingerprint density at radius 3 is 3.00 bits per heavy atom. The van der Waals surface area contributed by atoms with Crippen molar-refractivity contribution in [1.82, 2.24) is 0 Å². The second kappa shape index (κ2) is 4.25. The van der Waals surface area contributed by atoms with E-state index in [-0.39, 0.29) is 0 Å². The number of hydrogen-bond acceptors (Lipinski definition) is 2. The largest absolute Gasteiger partial charge is 0.466 e. The van der Waals surface area contributed by atoms with Crippen molar-refractivity contribution >= 4 is 19.5 Å². The van der Waals surface area contributed by atoms with Gasteiger partial charge in [0.15, 0.2) is 9.04 Å². The molecule has 0 aromatic heterocycles. The van der Waals surface area contributed by atoms with Crippen molar-refractivity contribution in [2.45, 2.75) is 50.5 Å². The predicted octanol–water partition coefficient (Wildman–Crippen LogP) is 0.595. The summed E-state index contributed by atoms with van der Waals surface area (Å²) < 4.78 is 11.1. The molecule has 0 spiro atoms. The molecule has 2 aliphatic rings. The molecule has 2 rings (SSSR count). The second-order valence-corrected chi connectivity index (χ2v) is 8.60. The van der Waals surface area contributed by atoms with Crippen molar-refractivity contribution in [1.29, 1.82) is 0 Å². The van der Waals surface area contributed by atoms with E-state index in [4.69, 9.17) is 8.85 Å². The third-order valence-electron chi connectivity index (χ3n) is 3.50. The maximum atomic E-state index is 5.53. The zero-order valence-electron chi connectivity index (χ0n) is 8.66. The van der Waals surface area contributed by atoms with Crippen LogP contribution in [0.5, 0.6) is 0 Å². The Morgan fingerprint density at radius 1 is 1.46 bits per heavy atom. The fourth-order valence-corrected chi connectivity index (χ4v) is 4.22. The molecule has 1 saturated heterocycles. The molecule has 0 amide bonds. The molecule has 1 saturated carbocycles. The summed E-state index contributed by atoms with van der Waals surface area (Å²) >= 11 is 0. The van der Waals surface area contributed by atoms with E-state index >= 15 is 0 Å². The van der Waals surface area contributed by atoms with Gasteiger partial charge in [0.2, 0.25) is 0 Å². The van der Waals surface area contributed by atoms with Gasteiger partial charge in [-0.25, -0.2) is 0 Å². The van der Waals surface area contributed by atoms with Gasteiger partial charge in [0.25, 0.3) is 0 Å². The maximum Gasteiger partial charge on any atom is 0.159 e. The summed E-state index contributed by atoms with van der Waals surface area (Å²) in [6.07, 6.45) is 6.80. The van der Waals surface area contributed by atoms with Crippen LogP contribution in [-0.4, -0.2) is 31.7 Å². The third-order valence-corrected chi connectivity index (χ3v) is 7.86. The molecule has 2 nitrogen and oxygen atoms in total. The van der Waals surface area contributed by atoms with Gasteiger partial charge in [-0.2, -0.15) is 0 Å². The normalized spacial score (nSPS) is 39.9. The summed E-state index contributed by atoms with van der Waals surface area (Å²) in [7, 11) is 0.204. The van der Waals surface area contributed by atoms with E-state index in [1.807, 2.05) is 0 Å². The number of fused-ring (bicyclic) bond motifs is 1. The fourth-order valence-electron chi connectivity index (χ4n) is 2.34. The van der Waals surface area contributed by atoms with Gasteiger partial charge >= 0.3 is 0 Å². The lowest BCUT2D eigenvalue weighted by Gasteiger charge is -2.19. The zero-order valence-corrected chi connectivity index (χ0v) is 11.8. The first kappa shape index (κ1) is 9.89. The van der Waals surface area contributed by atoms with Gasteiger partial charge in [-0.3, -0.25) is 0 Å². The van der Waals surface area contributed by atoms with E-state index in [2.05, 4.69) is 6.55 Å². The van der Waals surface area contributed by atoms with E-state index in [9.17, 15) is 0 Å². The molecule has 0 N–H and O–H groups in total. The van der Waals surface area contributed by atoms with Crippen LogP contribution in [0.3, 0.4) is 0 Å². The Bertz CT molecular complexity index is 177. The van der Waals surface area contributed by atoms with E-state index < -0.39 is 9.04 Å². The van der Waals surface area contributed by atoms with Gasteiger partial charge in [0, 0.05) is 0 Å². The summed E-state index contributed by atoms with van der Waals surface area (Å²) in [4.78, 5) is 0. The Kier molecular flexibility index (Phi) is 3.24. The van der Waals surface area contributed by atoms with Crippen molar-refractivity contribution < 1.29 is 8.85 Å². The van der Waals surface area contributed by atoms with Crippen LogP contribution in [-0.2, 0) is 8.85 Å². The van der Waals surface area contributed by atoms with Crippen LogP contribution in [0.15, 0.2) is 0 Å².